The molecular weight excluding hydrogens is 308 g/mol. The maximum atomic E-state index is 5.73. The van der Waals surface area contributed by atoms with Crippen molar-refractivity contribution >= 4 is 15.9 Å². The number of ether oxygens (including phenoxy) is 1. The summed E-state index contributed by atoms with van der Waals surface area (Å²) in [5.74, 6) is 6.43. The molecule has 1 heterocycles. The summed E-state index contributed by atoms with van der Waals surface area (Å²) in [6.45, 7) is 2.05. The molecule has 102 valence electrons. The largest absolute Gasteiger partial charge is 0.493 e. The quantitative estimate of drug-likeness (QED) is 0.667. The summed E-state index contributed by atoms with van der Waals surface area (Å²) in [5.41, 5.74) is 5.93. The fourth-order valence-corrected chi connectivity index (χ4v) is 2.82. The summed E-state index contributed by atoms with van der Waals surface area (Å²) in [7, 11) is 3.49. The lowest BCUT2D eigenvalue weighted by atomic mass is 10.0. The van der Waals surface area contributed by atoms with Crippen LogP contribution in [0.4, 0.5) is 0 Å². The smallest absolute Gasteiger partial charge is 0.161 e. The fourth-order valence-electron chi connectivity index (χ4n) is 2.10. The van der Waals surface area contributed by atoms with Crippen molar-refractivity contribution in [2.45, 2.75) is 13.0 Å². The standard InChI is InChI=1S/C13H17BrN4O/c1-8-4-5-9(10(14)6-8)12(17-15)13-11(19-3)7-16-18(13)2/h4-7,12,17H,15H2,1-3H3. The van der Waals surface area contributed by atoms with Crippen LogP contribution in [0.25, 0.3) is 0 Å². The van der Waals surface area contributed by atoms with Gasteiger partial charge in [0.25, 0.3) is 0 Å². The molecule has 1 aromatic carbocycles. The van der Waals surface area contributed by atoms with E-state index in [1.165, 1.54) is 5.56 Å². The molecule has 2 aromatic rings. The molecular formula is C13H17BrN4O. The van der Waals surface area contributed by atoms with Gasteiger partial charge in [0, 0.05) is 11.5 Å². The highest BCUT2D eigenvalue weighted by Crippen LogP contribution is 2.33. The third-order valence-corrected chi connectivity index (χ3v) is 3.76. The van der Waals surface area contributed by atoms with Crippen molar-refractivity contribution < 1.29 is 4.74 Å². The van der Waals surface area contributed by atoms with E-state index in [-0.39, 0.29) is 6.04 Å². The van der Waals surface area contributed by atoms with Gasteiger partial charge in [0.15, 0.2) is 5.75 Å². The normalized spacial score (nSPS) is 12.5. The molecule has 5 nitrogen and oxygen atoms in total. The molecule has 1 unspecified atom stereocenters. The SMILES string of the molecule is COc1cnn(C)c1C(NN)c1ccc(C)cc1Br. The Morgan fingerprint density at radius 2 is 2.21 bits per heavy atom. The van der Waals surface area contributed by atoms with Crippen LogP contribution in [-0.4, -0.2) is 16.9 Å². The summed E-state index contributed by atoms with van der Waals surface area (Å²) in [5, 5.41) is 4.21. The van der Waals surface area contributed by atoms with Gasteiger partial charge < -0.3 is 4.74 Å². The van der Waals surface area contributed by atoms with Crippen LogP contribution < -0.4 is 16.0 Å². The van der Waals surface area contributed by atoms with E-state index in [1.54, 1.807) is 18.0 Å². The van der Waals surface area contributed by atoms with Gasteiger partial charge in [-0.05, 0) is 24.1 Å². The molecule has 19 heavy (non-hydrogen) atoms. The number of rotatable bonds is 4. The minimum absolute atomic E-state index is 0.197. The Kier molecular flexibility index (Phi) is 4.24. The monoisotopic (exact) mass is 324 g/mol. The van der Waals surface area contributed by atoms with E-state index < -0.39 is 0 Å². The molecule has 0 aliphatic carbocycles. The molecule has 0 saturated heterocycles. The fraction of sp³-hybridized carbons (Fsp3) is 0.308. The molecule has 0 aliphatic rings. The van der Waals surface area contributed by atoms with E-state index in [9.17, 15) is 0 Å². The number of methoxy groups -OCH3 is 1. The first kappa shape index (κ1) is 14.0. The summed E-state index contributed by atoms with van der Waals surface area (Å²) in [4.78, 5) is 0. The van der Waals surface area contributed by atoms with Crippen molar-refractivity contribution in [3.63, 3.8) is 0 Å². The first-order valence-electron chi connectivity index (χ1n) is 5.86. The average molecular weight is 325 g/mol. The average Bonchev–Trinajstić information content (AvgIpc) is 2.74. The number of benzene rings is 1. The van der Waals surface area contributed by atoms with Crippen molar-refractivity contribution in [1.29, 1.82) is 0 Å². The molecule has 1 aromatic heterocycles. The van der Waals surface area contributed by atoms with E-state index >= 15 is 0 Å². The molecule has 3 N–H and O–H groups in total. The molecule has 2 rings (SSSR count). The van der Waals surface area contributed by atoms with Crippen LogP contribution in [0.3, 0.4) is 0 Å². The van der Waals surface area contributed by atoms with Crippen LogP contribution in [0, 0.1) is 6.92 Å². The Labute approximate surface area is 120 Å². The van der Waals surface area contributed by atoms with Gasteiger partial charge in [0.2, 0.25) is 0 Å². The van der Waals surface area contributed by atoms with E-state index in [2.05, 4.69) is 32.5 Å². The molecule has 0 bridgehead atoms. The van der Waals surface area contributed by atoms with E-state index in [0.29, 0.717) is 5.75 Å². The number of halogens is 1. The lowest BCUT2D eigenvalue weighted by Crippen LogP contribution is -2.31. The van der Waals surface area contributed by atoms with Crippen molar-refractivity contribution in [2.75, 3.05) is 7.11 Å². The Balaban J connectivity index is 2.52. The number of nitrogens with one attached hydrogen (secondary N) is 1. The van der Waals surface area contributed by atoms with Gasteiger partial charge in [-0.15, -0.1) is 0 Å². The first-order valence-corrected chi connectivity index (χ1v) is 6.65. The van der Waals surface area contributed by atoms with Gasteiger partial charge in [0.05, 0.1) is 19.3 Å². The Bertz CT molecular complexity index is 582. The number of nitrogens with zero attached hydrogens (tertiary/aromatic N) is 2. The van der Waals surface area contributed by atoms with Gasteiger partial charge in [-0.25, -0.2) is 5.43 Å². The number of hydrazine groups is 1. The number of hydrogen-bond acceptors (Lipinski definition) is 4. The lowest BCUT2D eigenvalue weighted by molar-refractivity contribution is 0.401. The van der Waals surface area contributed by atoms with Crippen molar-refractivity contribution in [3.8, 4) is 5.75 Å². The molecule has 1 atom stereocenters. The predicted octanol–water partition coefficient (Wildman–Crippen LogP) is 2.05. The number of hydrogen-bond donors (Lipinski definition) is 2. The van der Waals surface area contributed by atoms with Crippen molar-refractivity contribution in [1.82, 2.24) is 15.2 Å². The van der Waals surface area contributed by atoms with Crippen molar-refractivity contribution in [3.05, 3.63) is 45.7 Å². The molecule has 6 heteroatoms. The summed E-state index contributed by atoms with van der Waals surface area (Å²) in [6.07, 6.45) is 1.68. The molecule has 0 amide bonds. The number of nitrogens with two attached hydrogens (primary N) is 1. The number of aromatic nitrogens is 2. The first-order chi connectivity index (χ1) is 9.08. The lowest BCUT2D eigenvalue weighted by Gasteiger charge is -2.19. The van der Waals surface area contributed by atoms with Gasteiger partial charge in [-0.1, -0.05) is 28.1 Å². The van der Waals surface area contributed by atoms with Crippen molar-refractivity contribution in [2.24, 2.45) is 12.9 Å². The van der Waals surface area contributed by atoms with Gasteiger partial charge in [-0.2, -0.15) is 5.10 Å². The van der Waals surface area contributed by atoms with E-state index in [0.717, 1.165) is 15.7 Å². The second-order valence-electron chi connectivity index (χ2n) is 4.35. The van der Waals surface area contributed by atoms with Crippen LogP contribution in [0.2, 0.25) is 0 Å². The summed E-state index contributed by atoms with van der Waals surface area (Å²) in [6, 6.07) is 5.95. The highest BCUT2D eigenvalue weighted by atomic mass is 79.9. The highest BCUT2D eigenvalue weighted by molar-refractivity contribution is 9.10. The Morgan fingerprint density at radius 1 is 1.47 bits per heavy atom. The molecule has 0 radical (unpaired) electrons. The second kappa shape index (κ2) is 5.73. The zero-order valence-corrected chi connectivity index (χ0v) is 12.7. The van der Waals surface area contributed by atoms with Crippen LogP contribution in [-0.2, 0) is 7.05 Å². The van der Waals surface area contributed by atoms with Crippen LogP contribution >= 0.6 is 15.9 Å². The molecule has 0 aliphatic heterocycles. The van der Waals surface area contributed by atoms with Gasteiger partial charge in [-0.3, -0.25) is 10.5 Å². The molecule has 0 saturated carbocycles. The minimum Gasteiger partial charge on any atom is -0.493 e. The molecule has 0 spiro atoms. The maximum absolute atomic E-state index is 5.73. The third-order valence-electron chi connectivity index (χ3n) is 3.08. The second-order valence-corrected chi connectivity index (χ2v) is 5.20. The van der Waals surface area contributed by atoms with E-state index in [4.69, 9.17) is 10.6 Å². The van der Waals surface area contributed by atoms with E-state index in [1.807, 2.05) is 26.1 Å². The summed E-state index contributed by atoms with van der Waals surface area (Å²) < 4.78 is 8.10. The minimum atomic E-state index is -0.197. The maximum Gasteiger partial charge on any atom is 0.161 e. The Morgan fingerprint density at radius 3 is 2.79 bits per heavy atom. The van der Waals surface area contributed by atoms with Gasteiger partial charge in [0.1, 0.15) is 5.69 Å². The van der Waals surface area contributed by atoms with Crippen LogP contribution in [0.1, 0.15) is 22.9 Å². The zero-order valence-electron chi connectivity index (χ0n) is 11.1. The zero-order chi connectivity index (χ0) is 14.0. The topological polar surface area (TPSA) is 65.1 Å². The predicted molar refractivity (Wildman–Crippen MR) is 77.8 cm³/mol. The van der Waals surface area contributed by atoms with Crippen LogP contribution in [0.15, 0.2) is 28.9 Å². The summed E-state index contributed by atoms with van der Waals surface area (Å²) >= 11 is 3.58. The molecule has 0 fully saturated rings. The Hall–Kier alpha value is -1.37. The highest BCUT2D eigenvalue weighted by Gasteiger charge is 2.23. The van der Waals surface area contributed by atoms with Gasteiger partial charge >= 0.3 is 0 Å². The third kappa shape index (κ3) is 2.65. The number of aryl methyl sites for hydroxylation is 2. The van der Waals surface area contributed by atoms with Crippen LogP contribution in [0.5, 0.6) is 5.75 Å².